The van der Waals surface area contributed by atoms with Crippen molar-refractivity contribution in [2.75, 3.05) is 13.1 Å². The Morgan fingerprint density at radius 2 is 1.93 bits per heavy atom. The number of rotatable bonds is 5. The molecular weight excluding hydrogens is 188 g/mol. The number of aryl methyl sites for hydroxylation is 1. The first-order chi connectivity index (χ1) is 7.22. The van der Waals surface area contributed by atoms with Crippen LogP contribution in [-0.4, -0.2) is 19.0 Å². The molecule has 0 aromatic heterocycles. The predicted octanol–water partition coefficient (Wildman–Crippen LogP) is 1.22. The highest BCUT2D eigenvalue weighted by Crippen LogP contribution is 2.01. The van der Waals surface area contributed by atoms with Crippen molar-refractivity contribution >= 4 is 5.91 Å². The van der Waals surface area contributed by atoms with Crippen LogP contribution in [0.5, 0.6) is 0 Å². The zero-order valence-corrected chi connectivity index (χ0v) is 9.34. The molecule has 0 saturated heterocycles. The maximum absolute atomic E-state index is 11.1. The molecule has 0 aliphatic carbocycles. The van der Waals surface area contributed by atoms with Crippen LogP contribution in [0.2, 0.25) is 0 Å². The quantitative estimate of drug-likeness (QED) is 0.760. The van der Waals surface area contributed by atoms with Crippen molar-refractivity contribution in [2.45, 2.75) is 20.4 Å². The summed E-state index contributed by atoms with van der Waals surface area (Å²) in [6.45, 7) is 5.77. The number of hydrogen-bond donors (Lipinski definition) is 2. The Bertz CT molecular complexity index is 306. The number of benzene rings is 1. The molecule has 3 heteroatoms. The molecule has 1 aromatic carbocycles. The van der Waals surface area contributed by atoms with Gasteiger partial charge in [-0.1, -0.05) is 29.8 Å². The predicted molar refractivity (Wildman–Crippen MR) is 61.6 cm³/mol. The van der Waals surface area contributed by atoms with Crippen LogP contribution in [0.3, 0.4) is 0 Å². The van der Waals surface area contributed by atoms with Gasteiger partial charge in [-0.3, -0.25) is 4.79 Å². The van der Waals surface area contributed by atoms with Crippen molar-refractivity contribution in [1.82, 2.24) is 10.6 Å². The largest absolute Gasteiger partial charge is 0.355 e. The lowest BCUT2D eigenvalue weighted by Gasteiger charge is -2.05. The van der Waals surface area contributed by atoms with Gasteiger partial charge < -0.3 is 10.6 Å². The van der Waals surface area contributed by atoms with Gasteiger partial charge in [-0.2, -0.15) is 0 Å². The standard InChI is InChI=1S/C12H18N2O/c1-3-14-12(15)9-13-8-11-6-4-10(2)5-7-11/h4-7,13H,3,8-9H2,1-2H3,(H,14,15). The van der Waals surface area contributed by atoms with Gasteiger partial charge in [0.2, 0.25) is 5.91 Å². The van der Waals surface area contributed by atoms with E-state index in [0.29, 0.717) is 13.1 Å². The third-order valence-electron chi connectivity index (χ3n) is 2.11. The van der Waals surface area contributed by atoms with Crippen LogP contribution in [0.15, 0.2) is 24.3 Å². The molecule has 0 spiro atoms. The van der Waals surface area contributed by atoms with E-state index in [1.165, 1.54) is 11.1 Å². The second kappa shape index (κ2) is 6.19. The zero-order chi connectivity index (χ0) is 11.1. The number of nitrogens with one attached hydrogen (secondary N) is 2. The third-order valence-corrected chi connectivity index (χ3v) is 2.11. The van der Waals surface area contributed by atoms with Gasteiger partial charge in [0.1, 0.15) is 0 Å². The van der Waals surface area contributed by atoms with E-state index in [9.17, 15) is 4.79 Å². The van der Waals surface area contributed by atoms with Gasteiger partial charge in [-0.25, -0.2) is 0 Å². The summed E-state index contributed by atoms with van der Waals surface area (Å²) in [6, 6.07) is 8.28. The van der Waals surface area contributed by atoms with Crippen molar-refractivity contribution in [2.24, 2.45) is 0 Å². The molecule has 1 rings (SSSR count). The molecule has 0 aliphatic heterocycles. The van der Waals surface area contributed by atoms with E-state index in [1.807, 2.05) is 6.92 Å². The number of likely N-dealkylation sites (N-methyl/N-ethyl adjacent to an activating group) is 1. The van der Waals surface area contributed by atoms with Gasteiger partial charge in [0.25, 0.3) is 0 Å². The molecule has 0 unspecified atom stereocenters. The Balaban J connectivity index is 2.26. The summed E-state index contributed by atoms with van der Waals surface area (Å²) in [5.74, 6) is 0.0459. The molecule has 1 amide bonds. The molecule has 1 aromatic rings. The number of hydrogen-bond acceptors (Lipinski definition) is 2. The normalized spacial score (nSPS) is 10.0. The minimum atomic E-state index is 0.0459. The summed E-state index contributed by atoms with van der Waals surface area (Å²) in [7, 11) is 0. The van der Waals surface area contributed by atoms with Crippen LogP contribution in [0, 0.1) is 6.92 Å². The van der Waals surface area contributed by atoms with E-state index in [1.54, 1.807) is 0 Å². The van der Waals surface area contributed by atoms with Crippen molar-refractivity contribution in [3.8, 4) is 0 Å². The maximum Gasteiger partial charge on any atom is 0.233 e. The van der Waals surface area contributed by atoms with E-state index in [-0.39, 0.29) is 5.91 Å². The van der Waals surface area contributed by atoms with Gasteiger partial charge in [-0.05, 0) is 19.4 Å². The Labute approximate surface area is 90.9 Å². The van der Waals surface area contributed by atoms with Gasteiger partial charge >= 0.3 is 0 Å². The lowest BCUT2D eigenvalue weighted by molar-refractivity contribution is -0.120. The molecule has 15 heavy (non-hydrogen) atoms. The lowest BCUT2D eigenvalue weighted by Crippen LogP contribution is -2.33. The van der Waals surface area contributed by atoms with E-state index in [4.69, 9.17) is 0 Å². The molecule has 0 atom stereocenters. The van der Waals surface area contributed by atoms with Crippen LogP contribution in [0.25, 0.3) is 0 Å². The minimum Gasteiger partial charge on any atom is -0.355 e. The van der Waals surface area contributed by atoms with Gasteiger partial charge in [0.05, 0.1) is 6.54 Å². The number of carbonyl (C=O) groups is 1. The van der Waals surface area contributed by atoms with Crippen molar-refractivity contribution in [3.05, 3.63) is 35.4 Å². The summed E-state index contributed by atoms with van der Waals surface area (Å²) >= 11 is 0. The fraction of sp³-hybridized carbons (Fsp3) is 0.417. The van der Waals surface area contributed by atoms with E-state index in [2.05, 4.69) is 41.8 Å². The smallest absolute Gasteiger partial charge is 0.233 e. The van der Waals surface area contributed by atoms with E-state index in [0.717, 1.165) is 6.54 Å². The Kier molecular flexibility index (Phi) is 4.84. The Morgan fingerprint density at radius 1 is 1.27 bits per heavy atom. The maximum atomic E-state index is 11.1. The summed E-state index contributed by atoms with van der Waals surface area (Å²) in [6.07, 6.45) is 0. The SMILES string of the molecule is CCNC(=O)CNCc1ccc(C)cc1. The zero-order valence-electron chi connectivity index (χ0n) is 9.34. The highest BCUT2D eigenvalue weighted by atomic mass is 16.1. The second-order valence-electron chi connectivity index (χ2n) is 3.54. The molecule has 0 saturated carbocycles. The molecular formula is C12H18N2O. The highest BCUT2D eigenvalue weighted by Gasteiger charge is 1.98. The van der Waals surface area contributed by atoms with Crippen molar-refractivity contribution < 1.29 is 4.79 Å². The van der Waals surface area contributed by atoms with Crippen LogP contribution >= 0.6 is 0 Å². The number of amides is 1. The van der Waals surface area contributed by atoms with Crippen LogP contribution in [0.4, 0.5) is 0 Å². The summed E-state index contributed by atoms with van der Waals surface area (Å²) in [4.78, 5) is 11.1. The monoisotopic (exact) mass is 206 g/mol. The molecule has 0 bridgehead atoms. The molecule has 82 valence electrons. The number of carbonyl (C=O) groups excluding carboxylic acids is 1. The third kappa shape index (κ3) is 4.61. The summed E-state index contributed by atoms with van der Waals surface area (Å²) in [5.41, 5.74) is 2.45. The second-order valence-corrected chi connectivity index (χ2v) is 3.54. The molecule has 3 nitrogen and oxygen atoms in total. The first-order valence-corrected chi connectivity index (χ1v) is 5.25. The molecule has 0 heterocycles. The topological polar surface area (TPSA) is 41.1 Å². The summed E-state index contributed by atoms with van der Waals surface area (Å²) < 4.78 is 0. The van der Waals surface area contributed by atoms with E-state index >= 15 is 0 Å². The fourth-order valence-electron chi connectivity index (χ4n) is 1.29. The first-order valence-electron chi connectivity index (χ1n) is 5.25. The highest BCUT2D eigenvalue weighted by molar-refractivity contribution is 5.77. The average Bonchev–Trinajstić information content (AvgIpc) is 2.21. The van der Waals surface area contributed by atoms with Crippen LogP contribution < -0.4 is 10.6 Å². The molecule has 0 aliphatic rings. The lowest BCUT2D eigenvalue weighted by atomic mass is 10.1. The first kappa shape index (κ1) is 11.7. The van der Waals surface area contributed by atoms with Crippen LogP contribution in [-0.2, 0) is 11.3 Å². The Hall–Kier alpha value is -1.35. The fourth-order valence-corrected chi connectivity index (χ4v) is 1.29. The Morgan fingerprint density at radius 3 is 2.53 bits per heavy atom. The minimum absolute atomic E-state index is 0.0459. The van der Waals surface area contributed by atoms with Gasteiger partial charge in [0.15, 0.2) is 0 Å². The van der Waals surface area contributed by atoms with E-state index < -0.39 is 0 Å². The average molecular weight is 206 g/mol. The molecule has 2 N–H and O–H groups in total. The van der Waals surface area contributed by atoms with Gasteiger partial charge in [-0.15, -0.1) is 0 Å². The molecule has 0 fully saturated rings. The van der Waals surface area contributed by atoms with Crippen LogP contribution in [0.1, 0.15) is 18.1 Å². The van der Waals surface area contributed by atoms with Crippen molar-refractivity contribution in [1.29, 1.82) is 0 Å². The van der Waals surface area contributed by atoms with Crippen molar-refractivity contribution in [3.63, 3.8) is 0 Å². The van der Waals surface area contributed by atoms with Gasteiger partial charge in [0, 0.05) is 13.1 Å². The summed E-state index contributed by atoms with van der Waals surface area (Å²) in [5, 5.41) is 5.83. The molecule has 0 radical (unpaired) electrons.